The molecule has 6 heteroatoms. The molecule has 0 aliphatic rings. The van der Waals surface area contributed by atoms with Gasteiger partial charge in [0.1, 0.15) is 11.4 Å². The van der Waals surface area contributed by atoms with Crippen LogP contribution in [-0.4, -0.2) is 15.4 Å². The fourth-order valence-corrected chi connectivity index (χ4v) is 0.844. The molecule has 0 aliphatic heterocycles. The second kappa shape index (κ2) is 4.13. The molecule has 0 saturated heterocycles. The second-order valence-electron chi connectivity index (χ2n) is 2.14. The minimum absolute atomic E-state index is 0.0157. The van der Waals surface area contributed by atoms with Crippen LogP contribution in [-0.2, 0) is 0 Å². The van der Waals surface area contributed by atoms with E-state index < -0.39 is 12.1 Å². The van der Waals surface area contributed by atoms with E-state index in [1.807, 2.05) is 0 Å². The molecule has 0 radical (unpaired) electrons. The molecule has 0 unspecified atom stereocenters. The number of hydrogen-bond donors (Lipinski definition) is 1. The van der Waals surface area contributed by atoms with Crippen molar-refractivity contribution in [1.29, 1.82) is 0 Å². The Labute approximate surface area is 77.7 Å². The molecular weight excluding hydrogens is 202 g/mol. The summed E-state index contributed by atoms with van der Waals surface area (Å²) in [6.07, 6.45) is -2.66. The monoisotopic (exact) mass is 206 g/mol. The van der Waals surface area contributed by atoms with Crippen LogP contribution in [0.5, 0.6) is 0 Å². The van der Waals surface area contributed by atoms with Crippen LogP contribution in [0.2, 0.25) is 0 Å². The van der Waals surface area contributed by atoms with Crippen LogP contribution >= 0.6 is 11.6 Å². The summed E-state index contributed by atoms with van der Waals surface area (Å²) in [4.78, 5) is 3.47. The van der Waals surface area contributed by atoms with Crippen molar-refractivity contribution < 1.29 is 14.0 Å². The van der Waals surface area contributed by atoms with Crippen molar-refractivity contribution in [3.05, 3.63) is 29.6 Å². The number of alkyl halides is 2. The van der Waals surface area contributed by atoms with E-state index in [1.165, 1.54) is 12.1 Å². The molecule has 1 N–H and O–H groups in total. The SMILES string of the molecule is ON=C(Cl)c1cccc(C(F)F)n1. The van der Waals surface area contributed by atoms with Gasteiger partial charge in [0.15, 0.2) is 5.17 Å². The number of hydrogen-bond acceptors (Lipinski definition) is 3. The smallest absolute Gasteiger partial charge is 0.280 e. The topological polar surface area (TPSA) is 45.5 Å². The van der Waals surface area contributed by atoms with Crippen molar-refractivity contribution in [1.82, 2.24) is 4.98 Å². The molecule has 0 fully saturated rings. The summed E-state index contributed by atoms with van der Waals surface area (Å²) in [5, 5.41) is 10.6. The van der Waals surface area contributed by atoms with Gasteiger partial charge in [0.2, 0.25) is 0 Å². The largest absolute Gasteiger partial charge is 0.410 e. The number of rotatable bonds is 2. The van der Waals surface area contributed by atoms with Crippen LogP contribution in [0.15, 0.2) is 23.4 Å². The average molecular weight is 207 g/mol. The van der Waals surface area contributed by atoms with Crippen molar-refractivity contribution >= 4 is 16.8 Å². The van der Waals surface area contributed by atoms with E-state index in [-0.39, 0.29) is 10.9 Å². The predicted octanol–water partition coefficient (Wildman–Crippen LogP) is 2.39. The molecule has 1 aromatic rings. The van der Waals surface area contributed by atoms with Gasteiger partial charge in [-0.3, -0.25) is 0 Å². The van der Waals surface area contributed by atoms with Crippen LogP contribution < -0.4 is 0 Å². The van der Waals surface area contributed by atoms with Crippen molar-refractivity contribution in [3.8, 4) is 0 Å². The third-order valence-electron chi connectivity index (χ3n) is 1.29. The van der Waals surface area contributed by atoms with Gasteiger partial charge in [-0.1, -0.05) is 22.8 Å². The minimum Gasteiger partial charge on any atom is -0.410 e. The highest BCUT2D eigenvalue weighted by atomic mass is 35.5. The number of nitrogens with zero attached hydrogens (tertiary/aromatic N) is 2. The molecule has 1 heterocycles. The molecule has 0 aliphatic carbocycles. The average Bonchev–Trinajstić information content (AvgIpc) is 2.17. The lowest BCUT2D eigenvalue weighted by molar-refractivity contribution is 0.146. The zero-order chi connectivity index (χ0) is 9.84. The minimum atomic E-state index is -2.66. The van der Waals surface area contributed by atoms with Crippen molar-refractivity contribution in [2.75, 3.05) is 0 Å². The lowest BCUT2D eigenvalue weighted by Crippen LogP contribution is -1.99. The fraction of sp³-hybridized carbons (Fsp3) is 0.143. The lowest BCUT2D eigenvalue weighted by Gasteiger charge is -2.00. The maximum absolute atomic E-state index is 12.1. The van der Waals surface area contributed by atoms with E-state index in [2.05, 4.69) is 10.1 Å². The van der Waals surface area contributed by atoms with E-state index >= 15 is 0 Å². The van der Waals surface area contributed by atoms with Crippen molar-refractivity contribution in [2.45, 2.75) is 6.43 Å². The molecule has 1 rings (SSSR count). The Morgan fingerprint density at radius 3 is 2.77 bits per heavy atom. The van der Waals surface area contributed by atoms with Crippen LogP contribution in [0.3, 0.4) is 0 Å². The molecule has 0 spiro atoms. The highest BCUT2D eigenvalue weighted by Gasteiger charge is 2.10. The molecule has 1 aromatic heterocycles. The molecule has 3 nitrogen and oxygen atoms in total. The van der Waals surface area contributed by atoms with Gasteiger partial charge in [-0.25, -0.2) is 13.8 Å². The summed E-state index contributed by atoms with van der Waals surface area (Å²) in [6, 6.07) is 3.89. The van der Waals surface area contributed by atoms with Crippen molar-refractivity contribution in [2.24, 2.45) is 5.16 Å². The lowest BCUT2D eigenvalue weighted by atomic mass is 10.3. The summed E-state index contributed by atoms with van der Waals surface area (Å²) in [7, 11) is 0. The van der Waals surface area contributed by atoms with Gasteiger partial charge in [-0.15, -0.1) is 0 Å². The predicted molar refractivity (Wildman–Crippen MR) is 43.4 cm³/mol. The van der Waals surface area contributed by atoms with E-state index in [1.54, 1.807) is 0 Å². The van der Waals surface area contributed by atoms with Gasteiger partial charge in [-0.2, -0.15) is 0 Å². The zero-order valence-electron chi connectivity index (χ0n) is 6.28. The molecule has 0 bridgehead atoms. The highest BCUT2D eigenvalue weighted by molar-refractivity contribution is 6.69. The van der Waals surface area contributed by atoms with E-state index in [9.17, 15) is 8.78 Å². The Bertz CT molecular complexity index is 330. The molecule has 0 aromatic carbocycles. The Kier molecular flexibility index (Phi) is 3.13. The van der Waals surface area contributed by atoms with Crippen LogP contribution in [0, 0.1) is 0 Å². The zero-order valence-corrected chi connectivity index (χ0v) is 7.04. The van der Waals surface area contributed by atoms with E-state index in [4.69, 9.17) is 16.8 Å². The quantitative estimate of drug-likeness (QED) is 0.459. The summed E-state index contributed by atoms with van der Waals surface area (Å²) in [5.41, 5.74) is -0.388. The van der Waals surface area contributed by atoms with Crippen molar-refractivity contribution in [3.63, 3.8) is 0 Å². The number of aromatic nitrogens is 1. The summed E-state index contributed by atoms with van der Waals surface area (Å²) < 4.78 is 24.2. The Hall–Kier alpha value is -1.23. The molecule has 0 atom stereocenters. The van der Waals surface area contributed by atoms with Gasteiger partial charge >= 0.3 is 0 Å². The van der Waals surface area contributed by atoms with Gasteiger partial charge in [0.25, 0.3) is 6.43 Å². The first-order valence-corrected chi connectivity index (χ1v) is 3.66. The molecule has 0 amide bonds. The first kappa shape index (κ1) is 9.85. The number of oxime groups is 1. The van der Waals surface area contributed by atoms with Gasteiger partial charge in [-0.05, 0) is 12.1 Å². The third kappa shape index (κ3) is 2.35. The van der Waals surface area contributed by atoms with Crippen LogP contribution in [0.25, 0.3) is 0 Å². The van der Waals surface area contributed by atoms with Gasteiger partial charge in [0, 0.05) is 0 Å². The van der Waals surface area contributed by atoms with Crippen LogP contribution in [0.1, 0.15) is 17.8 Å². The molecule has 13 heavy (non-hydrogen) atoms. The Balaban J connectivity index is 3.05. The summed E-state index contributed by atoms with van der Waals surface area (Å²) in [5.74, 6) is 0. The molecule has 70 valence electrons. The number of pyridine rings is 1. The van der Waals surface area contributed by atoms with Gasteiger partial charge in [0.05, 0.1) is 0 Å². The third-order valence-corrected chi connectivity index (χ3v) is 1.56. The normalized spacial score (nSPS) is 12.2. The summed E-state index contributed by atoms with van der Waals surface area (Å²) >= 11 is 5.36. The Morgan fingerprint density at radius 2 is 2.23 bits per heavy atom. The van der Waals surface area contributed by atoms with Gasteiger partial charge < -0.3 is 5.21 Å². The Morgan fingerprint density at radius 1 is 1.54 bits per heavy atom. The standard InChI is InChI=1S/C7H5ClF2N2O/c8-6(12-13)4-2-1-3-5(11-4)7(9)10/h1-3,7,13H. The number of halogens is 3. The first-order valence-electron chi connectivity index (χ1n) is 3.28. The molecule has 0 saturated carbocycles. The second-order valence-corrected chi connectivity index (χ2v) is 2.50. The first-order chi connectivity index (χ1) is 6.15. The van der Waals surface area contributed by atoms with E-state index in [0.717, 1.165) is 6.07 Å². The van der Waals surface area contributed by atoms with E-state index in [0.29, 0.717) is 0 Å². The molecular formula is C7H5ClF2N2O. The highest BCUT2D eigenvalue weighted by Crippen LogP contribution is 2.16. The summed E-state index contributed by atoms with van der Waals surface area (Å²) in [6.45, 7) is 0. The maximum Gasteiger partial charge on any atom is 0.280 e. The maximum atomic E-state index is 12.1. The van der Waals surface area contributed by atoms with Crippen LogP contribution in [0.4, 0.5) is 8.78 Å². The fourth-order valence-electron chi connectivity index (χ4n) is 0.739.